The lowest BCUT2D eigenvalue weighted by atomic mass is 9.47. The van der Waals surface area contributed by atoms with Gasteiger partial charge in [-0.1, -0.05) is 26.3 Å². The van der Waals surface area contributed by atoms with Crippen molar-refractivity contribution in [1.82, 2.24) is 0 Å². The van der Waals surface area contributed by atoms with Crippen molar-refractivity contribution >= 4 is 11.8 Å². The molecule has 0 aromatic heterocycles. The highest BCUT2D eigenvalue weighted by atomic mass is 16.5. The highest BCUT2D eigenvalue weighted by molar-refractivity contribution is 5.91. The van der Waals surface area contributed by atoms with Crippen molar-refractivity contribution in [3.63, 3.8) is 0 Å². The van der Waals surface area contributed by atoms with E-state index >= 15 is 0 Å². The molecule has 3 saturated carbocycles. The minimum Gasteiger partial charge on any atom is -0.462 e. The van der Waals surface area contributed by atoms with Crippen LogP contribution in [0.2, 0.25) is 0 Å². The first kappa shape index (κ1) is 17.3. The SMILES string of the molecule is CCC(=O)OC1CC[C@H]2[C@@H]3CCC4=CC(=O)CC[C@]4(C)C3CC[C@]12C. The van der Waals surface area contributed by atoms with E-state index in [1.165, 1.54) is 24.8 Å². The fraction of sp³-hybridized carbons (Fsp3) is 0.818. The molecule has 0 aromatic carbocycles. The van der Waals surface area contributed by atoms with Crippen LogP contribution in [0.1, 0.15) is 78.6 Å². The third kappa shape index (κ3) is 2.52. The van der Waals surface area contributed by atoms with E-state index in [1.54, 1.807) is 0 Å². The molecule has 0 aliphatic heterocycles. The molecule has 0 radical (unpaired) electrons. The van der Waals surface area contributed by atoms with Gasteiger partial charge in [0.25, 0.3) is 0 Å². The van der Waals surface area contributed by atoms with Gasteiger partial charge in [0.15, 0.2) is 5.78 Å². The second kappa shape index (κ2) is 5.96. The maximum atomic E-state index is 11.9. The number of ketones is 1. The van der Waals surface area contributed by atoms with Crippen molar-refractivity contribution in [2.75, 3.05) is 0 Å². The first-order chi connectivity index (χ1) is 11.9. The van der Waals surface area contributed by atoms with Gasteiger partial charge in [0.2, 0.25) is 0 Å². The van der Waals surface area contributed by atoms with Gasteiger partial charge in [-0.25, -0.2) is 0 Å². The van der Waals surface area contributed by atoms with Crippen LogP contribution in [0.15, 0.2) is 11.6 Å². The summed E-state index contributed by atoms with van der Waals surface area (Å²) in [7, 11) is 0. The number of hydrogen-bond donors (Lipinski definition) is 0. The monoisotopic (exact) mass is 344 g/mol. The molecule has 3 heteroatoms. The van der Waals surface area contributed by atoms with Crippen molar-refractivity contribution in [2.45, 2.75) is 84.7 Å². The second-order valence-electron chi connectivity index (χ2n) is 9.42. The highest BCUT2D eigenvalue weighted by Gasteiger charge is 2.59. The Morgan fingerprint density at radius 1 is 1.12 bits per heavy atom. The van der Waals surface area contributed by atoms with E-state index in [0.717, 1.165) is 38.0 Å². The minimum atomic E-state index is -0.0411. The average molecular weight is 344 g/mol. The summed E-state index contributed by atoms with van der Waals surface area (Å²) in [6, 6.07) is 0. The molecule has 4 aliphatic carbocycles. The van der Waals surface area contributed by atoms with E-state index < -0.39 is 0 Å². The molecule has 0 saturated heterocycles. The van der Waals surface area contributed by atoms with Crippen LogP contribution in [0.4, 0.5) is 0 Å². The largest absolute Gasteiger partial charge is 0.462 e. The molecule has 0 aromatic rings. The molecule has 3 nitrogen and oxygen atoms in total. The summed E-state index contributed by atoms with van der Waals surface area (Å²) < 4.78 is 5.86. The molecule has 0 bridgehead atoms. The third-order valence-corrected chi connectivity index (χ3v) is 8.44. The molecule has 138 valence electrons. The van der Waals surface area contributed by atoms with Crippen LogP contribution in [0.3, 0.4) is 0 Å². The Hall–Kier alpha value is -1.12. The van der Waals surface area contributed by atoms with Crippen molar-refractivity contribution < 1.29 is 14.3 Å². The lowest BCUT2D eigenvalue weighted by Gasteiger charge is -2.57. The van der Waals surface area contributed by atoms with E-state index in [9.17, 15) is 9.59 Å². The summed E-state index contributed by atoms with van der Waals surface area (Å²) in [6.07, 6.45) is 11.3. The number of carbonyl (C=O) groups is 2. The van der Waals surface area contributed by atoms with Crippen molar-refractivity contribution in [1.29, 1.82) is 0 Å². The maximum Gasteiger partial charge on any atom is 0.305 e. The Morgan fingerprint density at radius 2 is 1.92 bits per heavy atom. The van der Waals surface area contributed by atoms with Gasteiger partial charge in [0, 0.05) is 18.3 Å². The van der Waals surface area contributed by atoms with E-state index in [-0.39, 0.29) is 22.9 Å². The normalized spacial score (nSPS) is 45.9. The molecule has 6 atom stereocenters. The topological polar surface area (TPSA) is 43.4 Å². The van der Waals surface area contributed by atoms with Crippen molar-refractivity contribution in [3.05, 3.63) is 11.6 Å². The molecular formula is C22H32O3. The van der Waals surface area contributed by atoms with Gasteiger partial charge in [-0.2, -0.15) is 0 Å². The Balaban J connectivity index is 1.59. The van der Waals surface area contributed by atoms with E-state index in [4.69, 9.17) is 4.74 Å². The van der Waals surface area contributed by atoms with Crippen LogP contribution >= 0.6 is 0 Å². The van der Waals surface area contributed by atoms with E-state index in [1.807, 2.05) is 13.0 Å². The predicted molar refractivity (Wildman–Crippen MR) is 96.9 cm³/mol. The van der Waals surface area contributed by atoms with Crippen molar-refractivity contribution in [2.24, 2.45) is 28.6 Å². The summed E-state index contributed by atoms with van der Waals surface area (Å²) >= 11 is 0. The number of rotatable bonds is 2. The number of allylic oxidation sites excluding steroid dienone is 1. The summed E-state index contributed by atoms with van der Waals surface area (Å²) in [4.78, 5) is 23.8. The zero-order valence-corrected chi connectivity index (χ0v) is 16.0. The molecule has 4 rings (SSSR count). The molecule has 3 fully saturated rings. The number of ether oxygens (including phenoxy) is 1. The summed E-state index contributed by atoms with van der Waals surface area (Å²) in [6.45, 7) is 6.69. The molecule has 0 spiro atoms. The van der Waals surface area contributed by atoms with Crippen LogP contribution in [0.25, 0.3) is 0 Å². The van der Waals surface area contributed by atoms with Gasteiger partial charge in [-0.3, -0.25) is 9.59 Å². The van der Waals surface area contributed by atoms with Crippen LogP contribution < -0.4 is 0 Å². The lowest BCUT2D eigenvalue weighted by Crippen LogP contribution is -2.51. The molecule has 4 aliphatic rings. The number of fused-ring (bicyclic) bond motifs is 5. The van der Waals surface area contributed by atoms with Gasteiger partial charge < -0.3 is 4.74 Å². The molecule has 2 unspecified atom stereocenters. The Bertz CT molecular complexity index is 621. The molecule has 0 heterocycles. The molecule has 0 amide bonds. The smallest absolute Gasteiger partial charge is 0.305 e. The van der Waals surface area contributed by atoms with Crippen LogP contribution in [0, 0.1) is 28.6 Å². The minimum absolute atomic E-state index is 0.0411. The van der Waals surface area contributed by atoms with Gasteiger partial charge in [-0.05, 0) is 74.2 Å². The maximum absolute atomic E-state index is 11.9. The highest BCUT2D eigenvalue weighted by Crippen LogP contribution is 2.65. The van der Waals surface area contributed by atoms with Crippen LogP contribution in [-0.2, 0) is 14.3 Å². The lowest BCUT2D eigenvalue weighted by molar-refractivity contribution is -0.159. The predicted octanol–water partition coefficient (Wildman–Crippen LogP) is 4.84. The standard InChI is InChI=1S/C22H32O3/c1-4-20(24)25-19-8-7-17-16-6-5-14-13-15(23)9-11-21(14,2)18(16)10-12-22(17,19)3/h13,16-19H,4-12H2,1-3H3/t16-,17-,18?,19?,21-,22-/m0/s1. The van der Waals surface area contributed by atoms with Gasteiger partial charge in [0.05, 0.1) is 0 Å². The number of carbonyl (C=O) groups excluding carboxylic acids is 2. The zero-order chi connectivity index (χ0) is 17.8. The molecule has 0 N–H and O–H groups in total. The quantitative estimate of drug-likeness (QED) is 0.673. The third-order valence-electron chi connectivity index (χ3n) is 8.44. The first-order valence-corrected chi connectivity index (χ1v) is 10.3. The van der Waals surface area contributed by atoms with E-state index in [2.05, 4.69) is 13.8 Å². The Kier molecular flexibility index (Phi) is 4.12. The number of esters is 1. The van der Waals surface area contributed by atoms with Crippen LogP contribution in [0.5, 0.6) is 0 Å². The fourth-order valence-corrected chi connectivity index (χ4v) is 6.95. The molecule has 25 heavy (non-hydrogen) atoms. The Labute approximate surface area is 151 Å². The van der Waals surface area contributed by atoms with Crippen molar-refractivity contribution in [3.8, 4) is 0 Å². The Morgan fingerprint density at radius 3 is 2.68 bits per heavy atom. The average Bonchev–Trinajstić information content (AvgIpc) is 2.92. The van der Waals surface area contributed by atoms with E-state index in [0.29, 0.717) is 24.0 Å². The zero-order valence-electron chi connectivity index (χ0n) is 16.0. The fourth-order valence-electron chi connectivity index (χ4n) is 6.95. The van der Waals surface area contributed by atoms with Gasteiger partial charge >= 0.3 is 5.97 Å². The summed E-state index contributed by atoms with van der Waals surface area (Å²) in [5, 5.41) is 0. The van der Waals surface area contributed by atoms with Gasteiger partial charge in [0.1, 0.15) is 6.10 Å². The summed E-state index contributed by atoms with van der Waals surface area (Å²) in [5.41, 5.74) is 1.82. The number of hydrogen-bond acceptors (Lipinski definition) is 3. The molecular weight excluding hydrogens is 312 g/mol. The summed E-state index contributed by atoms with van der Waals surface area (Å²) in [5.74, 6) is 2.41. The van der Waals surface area contributed by atoms with Crippen LogP contribution in [-0.4, -0.2) is 17.9 Å². The van der Waals surface area contributed by atoms with Gasteiger partial charge in [-0.15, -0.1) is 0 Å². The second-order valence-corrected chi connectivity index (χ2v) is 9.42. The first-order valence-electron chi connectivity index (χ1n) is 10.3.